The largest absolute Gasteiger partial charge is 0.505 e. The van der Waals surface area contributed by atoms with Crippen molar-refractivity contribution in [3.63, 3.8) is 0 Å². The Morgan fingerprint density at radius 2 is 2.06 bits per heavy atom. The van der Waals surface area contributed by atoms with Gasteiger partial charge >= 0.3 is 12.9 Å². The fourth-order valence-electron chi connectivity index (χ4n) is 0.759. The molecule has 2 N–H and O–H groups in total. The molecule has 0 bridgehead atoms. The molecule has 0 fully saturated rings. The Labute approximate surface area is 106 Å². The molecule has 0 saturated heterocycles. The maximum absolute atomic E-state index is 11.4. The lowest BCUT2D eigenvalue weighted by atomic mass is 10.1. The second kappa shape index (κ2) is 8.06. The van der Waals surface area contributed by atoms with E-state index in [2.05, 4.69) is 14.1 Å². The van der Waals surface area contributed by atoms with Crippen molar-refractivity contribution < 1.29 is 23.4 Å². The first-order valence-electron chi connectivity index (χ1n) is 5.40. The zero-order valence-electron chi connectivity index (χ0n) is 10.2. The van der Waals surface area contributed by atoms with E-state index in [1.807, 2.05) is 6.92 Å². The lowest BCUT2D eigenvalue weighted by Gasteiger charge is -2.16. The van der Waals surface area contributed by atoms with Crippen molar-refractivity contribution >= 4 is 24.2 Å². The molecule has 0 amide bonds. The number of hydrogen-bond acceptors (Lipinski definition) is 6. The van der Waals surface area contributed by atoms with Gasteiger partial charge in [-0.15, -0.1) is 4.67 Å². The van der Waals surface area contributed by atoms with E-state index >= 15 is 0 Å². The Kier molecular flexibility index (Phi) is 8.00. The molecule has 0 saturated carbocycles. The van der Waals surface area contributed by atoms with E-state index in [4.69, 9.17) is 17.0 Å². The molecule has 0 rings (SSSR count). The molecule has 0 aromatic rings. The van der Waals surface area contributed by atoms with E-state index in [9.17, 15) is 9.36 Å². The van der Waals surface area contributed by atoms with Gasteiger partial charge in [-0.05, 0) is 12.3 Å². The van der Waals surface area contributed by atoms with Gasteiger partial charge < -0.3 is 10.3 Å². The molecular weight excluding hydrogens is 269 g/mol. The van der Waals surface area contributed by atoms with E-state index in [0.29, 0.717) is 0 Å². The van der Waals surface area contributed by atoms with Crippen LogP contribution in [0.1, 0.15) is 33.6 Å². The summed E-state index contributed by atoms with van der Waals surface area (Å²) in [6.45, 7) is 1.56. The van der Waals surface area contributed by atoms with Crippen LogP contribution in [0.15, 0.2) is 0 Å². The van der Waals surface area contributed by atoms with Crippen molar-refractivity contribution in [2.75, 3.05) is 6.61 Å². The van der Waals surface area contributed by atoms with Crippen LogP contribution >= 0.6 is 18.2 Å². The summed E-state index contributed by atoms with van der Waals surface area (Å²) in [6.07, 6.45) is 1.60. The van der Waals surface area contributed by atoms with Gasteiger partial charge in [-0.3, -0.25) is 0 Å². The first-order chi connectivity index (χ1) is 7.80. The van der Waals surface area contributed by atoms with Crippen molar-refractivity contribution in [1.82, 2.24) is 0 Å². The van der Waals surface area contributed by atoms with Gasteiger partial charge in [-0.25, -0.2) is 14.2 Å². The molecule has 1 unspecified atom stereocenters. The van der Waals surface area contributed by atoms with Crippen LogP contribution < -0.4 is 5.73 Å². The van der Waals surface area contributed by atoms with Gasteiger partial charge in [0.15, 0.2) is 0 Å². The van der Waals surface area contributed by atoms with Crippen LogP contribution in [0.3, 0.4) is 0 Å². The van der Waals surface area contributed by atoms with Gasteiger partial charge in [0, 0.05) is 11.2 Å². The van der Waals surface area contributed by atoms with E-state index in [1.165, 1.54) is 0 Å². The summed E-state index contributed by atoms with van der Waals surface area (Å²) in [6, 6.07) is -0.902. The molecule has 0 aromatic carbocycles. The van der Waals surface area contributed by atoms with Crippen LogP contribution in [0, 0.1) is 5.92 Å². The van der Waals surface area contributed by atoms with Gasteiger partial charge in [0.2, 0.25) is 0 Å². The number of unbranched alkanes of at least 4 members (excludes halogenated alkanes) is 1. The maximum atomic E-state index is 11.4. The normalized spacial score (nSPS) is 16.6. The monoisotopic (exact) mass is 287 g/mol. The van der Waals surface area contributed by atoms with E-state index in [1.54, 1.807) is 13.8 Å². The van der Waals surface area contributed by atoms with Gasteiger partial charge in [0.05, 0.1) is 6.61 Å². The third kappa shape index (κ3) is 7.73. The van der Waals surface area contributed by atoms with Crippen molar-refractivity contribution in [2.45, 2.75) is 39.7 Å². The quantitative estimate of drug-likeness (QED) is 0.319. The van der Waals surface area contributed by atoms with Crippen LogP contribution in [-0.4, -0.2) is 18.6 Å². The molecule has 8 heteroatoms. The molecule has 0 aromatic heterocycles. The summed E-state index contributed by atoms with van der Waals surface area (Å²) in [7, 11) is 0. The SMILES string of the molecule is CCCCOOP(=O)(Cl)OC(=O)[C@@H](N)C(C)C. The Morgan fingerprint density at radius 3 is 2.53 bits per heavy atom. The first kappa shape index (κ1) is 16.9. The maximum Gasteiger partial charge on any atom is 0.505 e. The second-order valence-electron chi connectivity index (χ2n) is 3.86. The van der Waals surface area contributed by atoms with E-state index in [0.717, 1.165) is 12.8 Å². The Hall–Kier alpha value is -0.130. The van der Waals surface area contributed by atoms with Crippen LogP contribution in [0.4, 0.5) is 0 Å². The zero-order valence-corrected chi connectivity index (χ0v) is 11.9. The minimum atomic E-state index is -4.06. The third-order valence-corrected chi connectivity index (χ3v) is 2.97. The second-order valence-corrected chi connectivity index (χ2v) is 6.30. The number of carbonyl (C=O) groups is 1. The molecule has 6 nitrogen and oxygen atoms in total. The third-order valence-electron chi connectivity index (χ3n) is 1.91. The molecule has 0 aliphatic heterocycles. The van der Waals surface area contributed by atoms with Crippen molar-refractivity contribution in [1.29, 1.82) is 0 Å². The van der Waals surface area contributed by atoms with Crippen LogP contribution in [-0.2, 0) is 23.4 Å². The first-order valence-corrected chi connectivity index (χ1v) is 7.85. The summed E-state index contributed by atoms with van der Waals surface area (Å²) >= 11 is 5.37. The number of halogens is 1. The van der Waals surface area contributed by atoms with E-state index < -0.39 is 19.0 Å². The predicted molar refractivity (Wildman–Crippen MR) is 64.3 cm³/mol. The number of rotatable bonds is 8. The molecule has 0 aliphatic rings. The van der Waals surface area contributed by atoms with Crippen molar-refractivity contribution in [3.05, 3.63) is 0 Å². The van der Waals surface area contributed by atoms with E-state index in [-0.39, 0.29) is 12.5 Å². The summed E-state index contributed by atoms with van der Waals surface area (Å²) in [5.74, 6) is -1.03. The fourth-order valence-corrected chi connectivity index (χ4v) is 1.65. The highest BCUT2D eigenvalue weighted by atomic mass is 35.7. The molecule has 0 heterocycles. The van der Waals surface area contributed by atoms with Gasteiger partial charge in [0.25, 0.3) is 0 Å². The van der Waals surface area contributed by atoms with Gasteiger partial charge in [-0.1, -0.05) is 27.2 Å². The summed E-state index contributed by atoms with van der Waals surface area (Å²) in [4.78, 5) is 15.9. The Bertz CT molecular complexity index is 287. The average Bonchev–Trinajstić information content (AvgIpc) is 2.22. The molecule has 0 aliphatic carbocycles. The minimum absolute atomic E-state index is 0.153. The lowest BCUT2D eigenvalue weighted by Crippen LogP contribution is -2.36. The highest BCUT2D eigenvalue weighted by Gasteiger charge is 2.31. The molecular formula is C9H19ClNO5P. The van der Waals surface area contributed by atoms with Crippen LogP contribution in [0.2, 0.25) is 0 Å². The van der Waals surface area contributed by atoms with Gasteiger partial charge in [-0.2, -0.15) is 0 Å². The molecule has 2 atom stereocenters. The summed E-state index contributed by atoms with van der Waals surface area (Å²) in [5, 5.41) is 0. The standard InChI is InChI=1S/C9H19ClNO5P/c1-4-5-6-14-16-17(10,13)15-9(12)8(11)7(2)3/h7-8H,4-6,11H2,1-3H3/t8-,17?/m0/s1. The highest BCUT2D eigenvalue weighted by molar-refractivity contribution is 7.81. The van der Waals surface area contributed by atoms with Crippen LogP contribution in [0.25, 0.3) is 0 Å². The smallest absolute Gasteiger partial charge is 0.378 e. The number of hydrogen-bond donors (Lipinski definition) is 1. The minimum Gasteiger partial charge on any atom is -0.378 e. The Morgan fingerprint density at radius 1 is 1.47 bits per heavy atom. The average molecular weight is 288 g/mol. The molecule has 17 heavy (non-hydrogen) atoms. The highest BCUT2D eigenvalue weighted by Crippen LogP contribution is 2.54. The fraction of sp³-hybridized carbons (Fsp3) is 0.889. The van der Waals surface area contributed by atoms with Gasteiger partial charge in [0.1, 0.15) is 6.04 Å². The van der Waals surface area contributed by atoms with Crippen molar-refractivity contribution in [2.24, 2.45) is 11.7 Å². The predicted octanol–water partition coefficient (Wildman–Crippen LogP) is 2.61. The molecule has 102 valence electrons. The Balaban J connectivity index is 4.07. The topological polar surface area (TPSA) is 87.9 Å². The zero-order chi connectivity index (χ0) is 13.5. The lowest BCUT2D eigenvalue weighted by molar-refractivity contribution is -0.212. The molecule has 0 spiro atoms. The number of nitrogens with two attached hydrogens (primary N) is 1. The molecule has 0 radical (unpaired) electrons. The summed E-state index contributed by atoms with van der Waals surface area (Å²) in [5.41, 5.74) is 5.49. The summed E-state index contributed by atoms with van der Waals surface area (Å²) < 4.78 is 20.2. The number of carbonyl (C=O) groups excluding carboxylic acids is 1. The van der Waals surface area contributed by atoms with Crippen LogP contribution in [0.5, 0.6) is 0 Å². The van der Waals surface area contributed by atoms with Crippen molar-refractivity contribution in [3.8, 4) is 0 Å².